The van der Waals surface area contributed by atoms with E-state index in [0.29, 0.717) is 17.5 Å². The predicted octanol–water partition coefficient (Wildman–Crippen LogP) is 1.48. The maximum Gasteiger partial charge on any atom is 0.321 e. The molecule has 0 fully saturated rings. The van der Waals surface area contributed by atoms with Gasteiger partial charge in [0.2, 0.25) is 10.0 Å². The molecule has 21 heavy (non-hydrogen) atoms. The summed E-state index contributed by atoms with van der Waals surface area (Å²) in [4.78, 5) is 18.0. The molecule has 2 heterocycles. The maximum atomic E-state index is 12.4. The number of aromatic nitrogens is 2. The third kappa shape index (κ3) is 3.40. The van der Waals surface area contributed by atoms with Gasteiger partial charge in [-0.3, -0.25) is 4.79 Å². The Morgan fingerprint density at radius 2 is 2.29 bits per heavy atom. The van der Waals surface area contributed by atoms with Gasteiger partial charge in [-0.15, -0.1) is 0 Å². The van der Waals surface area contributed by atoms with E-state index in [0.717, 1.165) is 6.42 Å². The molecular formula is C13H17N3O4S. The Labute approximate surface area is 122 Å². The van der Waals surface area contributed by atoms with Gasteiger partial charge < -0.3 is 10.1 Å². The van der Waals surface area contributed by atoms with Crippen molar-refractivity contribution in [3.8, 4) is 0 Å². The number of aliphatic carboxylic acids is 1. The van der Waals surface area contributed by atoms with E-state index in [1.807, 2.05) is 6.92 Å². The zero-order chi connectivity index (χ0) is 15.5. The van der Waals surface area contributed by atoms with Crippen molar-refractivity contribution in [1.29, 1.82) is 0 Å². The first-order valence-electron chi connectivity index (χ1n) is 6.63. The molecule has 0 saturated heterocycles. The van der Waals surface area contributed by atoms with Crippen LogP contribution < -0.4 is 4.72 Å². The first-order valence-corrected chi connectivity index (χ1v) is 8.11. The van der Waals surface area contributed by atoms with E-state index >= 15 is 0 Å². The summed E-state index contributed by atoms with van der Waals surface area (Å²) < 4.78 is 27.0. The summed E-state index contributed by atoms with van der Waals surface area (Å²) in [5, 5.41) is 9.56. The Morgan fingerprint density at radius 1 is 1.52 bits per heavy atom. The Bertz CT molecular complexity index is 739. The zero-order valence-electron chi connectivity index (χ0n) is 11.5. The number of H-pyrrole nitrogens is 1. The fourth-order valence-electron chi connectivity index (χ4n) is 2.04. The fourth-order valence-corrected chi connectivity index (χ4v) is 3.43. The molecule has 0 radical (unpaired) electrons. The van der Waals surface area contributed by atoms with Crippen LogP contribution in [-0.2, 0) is 14.8 Å². The molecular weight excluding hydrogens is 294 g/mol. The van der Waals surface area contributed by atoms with Crippen LogP contribution >= 0.6 is 0 Å². The summed E-state index contributed by atoms with van der Waals surface area (Å²) in [6.45, 7) is 1.92. The van der Waals surface area contributed by atoms with Crippen LogP contribution in [0.4, 0.5) is 0 Å². The Balaban J connectivity index is 2.30. The van der Waals surface area contributed by atoms with Gasteiger partial charge in [0.05, 0.1) is 0 Å². The van der Waals surface area contributed by atoms with Gasteiger partial charge in [-0.25, -0.2) is 13.4 Å². The van der Waals surface area contributed by atoms with Crippen molar-refractivity contribution in [2.75, 3.05) is 0 Å². The minimum atomic E-state index is -3.92. The monoisotopic (exact) mass is 311 g/mol. The number of pyridine rings is 1. The van der Waals surface area contributed by atoms with E-state index in [1.54, 1.807) is 18.3 Å². The number of nitrogens with one attached hydrogen (secondary N) is 2. The van der Waals surface area contributed by atoms with Crippen LogP contribution in [0.2, 0.25) is 0 Å². The van der Waals surface area contributed by atoms with Crippen LogP contribution in [0.15, 0.2) is 29.4 Å². The highest BCUT2D eigenvalue weighted by Crippen LogP contribution is 2.21. The van der Waals surface area contributed by atoms with E-state index in [4.69, 9.17) is 5.11 Å². The Morgan fingerprint density at radius 3 is 2.95 bits per heavy atom. The van der Waals surface area contributed by atoms with E-state index in [-0.39, 0.29) is 11.3 Å². The molecule has 114 valence electrons. The number of fused-ring (bicyclic) bond motifs is 1. The molecule has 2 aromatic rings. The topological polar surface area (TPSA) is 112 Å². The average molecular weight is 311 g/mol. The summed E-state index contributed by atoms with van der Waals surface area (Å²) >= 11 is 0. The standard InChI is InChI=1S/C13H17N3O4S/c1-2-3-6-10(13(17)18)16-21(19,20)11-8-15-12-9(11)5-4-7-14-12/h4-5,7-8,10,16H,2-3,6H2,1H3,(H,14,15)(H,17,18). The van der Waals surface area contributed by atoms with E-state index in [2.05, 4.69) is 14.7 Å². The van der Waals surface area contributed by atoms with E-state index in [9.17, 15) is 13.2 Å². The molecule has 0 aliphatic rings. The maximum absolute atomic E-state index is 12.4. The van der Waals surface area contributed by atoms with Crippen molar-refractivity contribution in [3.63, 3.8) is 0 Å². The van der Waals surface area contributed by atoms with Gasteiger partial charge >= 0.3 is 5.97 Å². The van der Waals surface area contributed by atoms with Crippen LogP contribution in [0.5, 0.6) is 0 Å². The highest BCUT2D eigenvalue weighted by Gasteiger charge is 2.26. The molecule has 0 bridgehead atoms. The molecule has 0 aromatic carbocycles. The first-order chi connectivity index (χ1) is 9.95. The lowest BCUT2D eigenvalue weighted by Crippen LogP contribution is -2.40. The van der Waals surface area contributed by atoms with Crippen molar-refractivity contribution in [3.05, 3.63) is 24.5 Å². The number of unbranched alkanes of at least 4 members (excludes halogenated alkanes) is 1. The third-order valence-electron chi connectivity index (χ3n) is 3.14. The van der Waals surface area contributed by atoms with Crippen LogP contribution in [0, 0.1) is 0 Å². The van der Waals surface area contributed by atoms with Gasteiger partial charge in [0, 0.05) is 17.8 Å². The van der Waals surface area contributed by atoms with Crippen molar-refractivity contribution in [1.82, 2.24) is 14.7 Å². The molecule has 0 spiro atoms. The molecule has 0 aliphatic carbocycles. The number of aromatic amines is 1. The smallest absolute Gasteiger partial charge is 0.321 e. The number of carboxylic acids is 1. The molecule has 8 heteroatoms. The Hall–Kier alpha value is -1.93. The van der Waals surface area contributed by atoms with Gasteiger partial charge in [0.25, 0.3) is 0 Å². The van der Waals surface area contributed by atoms with Crippen molar-refractivity contribution >= 4 is 27.0 Å². The van der Waals surface area contributed by atoms with Crippen LogP contribution in [0.25, 0.3) is 11.0 Å². The molecule has 2 aromatic heterocycles. The van der Waals surface area contributed by atoms with Gasteiger partial charge in [-0.1, -0.05) is 19.8 Å². The SMILES string of the molecule is CCCCC(NS(=O)(=O)c1c[nH]c2ncccc12)C(=O)O. The normalized spacial score (nSPS) is 13.4. The first kappa shape index (κ1) is 15.5. The molecule has 3 N–H and O–H groups in total. The number of hydrogen-bond donors (Lipinski definition) is 3. The second-order valence-corrected chi connectivity index (χ2v) is 6.39. The lowest BCUT2D eigenvalue weighted by molar-refractivity contribution is -0.139. The number of sulfonamides is 1. The third-order valence-corrected chi connectivity index (χ3v) is 4.66. The Kier molecular flexibility index (Phi) is 4.59. The van der Waals surface area contributed by atoms with Crippen LogP contribution in [-0.4, -0.2) is 35.5 Å². The summed E-state index contributed by atoms with van der Waals surface area (Å²) in [7, 11) is -3.92. The lowest BCUT2D eigenvalue weighted by Gasteiger charge is -2.13. The zero-order valence-corrected chi connectivity index (χ0v) is 12.4. The second kappa shape index (κ2) is 6.23. The van der Waals surface area contributed by atoms with Crippen molar-refractivity contribution in [2.45, 2.75) is 37.1 Å². The van der Waals surface area contributed by atoms with Gasteiger partial charge in [-0.05, 0) is 18.6 Å². The molecule has 7 nitrogen and oxygen atoms in total. The highest BCUT2D eigenvalue weighted by molar-refractivity contribution is 7.89. The van der Waals surface area contributed by atoms with Crippen LogP contribution in [0.3, 0.4) is 0 Å². The van der Waals surface area contributed by atoms with Gasteiger partial charge in [-0.2, -0.15) is 4.72 Å². The minimum absolute atomic E-state index is 0.00773. The van der Waals surface area contributed by atoms with Crippen LogP contribution in [0.1, 0.15) is 26.2 Å². The molecule has 0 saturated carbocycles. The lowest BCUT2D eigenvalue weighted by atomic mass is 10.1. The average Bonchev–Trinajstić information content (AvgIpc) is 2.87. The molecule has 2 rings (SSSR count). The largest absolute Gasteiger partial charge is 0.480 e. The number of hydrogen-bond acceptors (Lipinski definition) is 4. The summed E-state index contributed by atoms with van der Waals surface area (Å²) in [6, 6.07) is 2.12. The summed E-state index contributed by atoms with van der Waals surface area (Å²) in [5.74, 6) is -1.18. The second-order valence-electron chi connectivity index (χ2n) is 4.71. The molecule has 0 amide bonds. The number of carboxylic acid groups (broad SMARTS) is 1. The summed E-state index contributed by atoms with van der Waals surface area (Å²) in [6.07, 6.45) is 4.55. The van der Waals surface area contributed by atoms with E-state index < -0.39 is 22.0 Å². The quantitative estimate of drug-likeness (QED) is 0.717. The molecule has 1 atom stereocenters. The molecule has 1 unspecified atom stereocenters. The minimum Gasteiger partial charge on any atom is -0.480 e. The number of rotatable bonds is 7. The number of nitrogens with zero attached hydrogens (tertiary/aromatic N) is 1. The highest BCUT2D eigenvalue weighted by atomic mass is 32.2. The number of carbonyl (C=O) groups is 1. The van der Waals surface area contributed by atoms with Crippen molar-refractivity contribution < 1.29 is 18.3 Å². The van der Waals surface area contributed by atoms with E-state index in [1.165, 1.54) is 6.20 Å². The van der Waals surface area contributed by atoms with Gasteiger partial charge in [0.1, 0.15) is 16.6 Å². The summed E-state index contributed by atoms with van der Waals surface area (Å²) in [5.41, 5.74) is 0.443. The molecule has 0 aliphatic heterocycles. The fraction of sp³-hybridized carbons (Fsp3) is 0.385. The van der Waals surface area contributed by atoms with Crippen molar-refractivity contribution in [2.24, 2.45) is 0 Å². The predicted molar refractivity (Wildman–Crippen MR) is 77.4 cm³/mol. The van der Waals surface area contributed by atoms with Gasteiger partial charge in [0.15, 0.2) is 0 Å².